The van der Waals surface area contributed by atoms with Gasteiger partial charge >= 0.3 is 0 Å². The number of benzene rings is 1. The number of fused-ring (bicyclic) bond motifs is 5. The quantitative estimate of drug-likeness (QED) is 0.251. The molecule has 1 aliphatic heterocycles. The molecule has 2 aromatic rings. The van der Waals surface area contributed by atoms with Gasteiger partial charge in [-0.2, -0.15) is 10.1 Å². The van der Waals surface area contributed by atoms with Gasteiger partial charge in [-0.15, -0.1) is 0 Å². The zero-order valence-corrected chi connectivity index (χ0v) is 15.7. The first kappa shape index (κ1) is 17.8. The molecule has 1 saturated carbocycles. The maximum absolute atomic E-state index is 12.6. The van der Waals surface area contributed by atoms with Gasteiger partial charge in [0.05, 0.1) is 23.0 Å². The largest absolute Gasteiger partial charge is 0.455 e. The highest BCUT2D eigenvalue weighted by Crippen LogP contribution is 2.52. The summed E-state index contributed by atoms with van der Waals surface area (Å²) in [5.41, 5.74) is 0.255. The summed E-state index contributed by atoms with van der Waals surface area (Å²) in [4.78, 5) is 35.7. The molecule has 9 heteroatoms. The van der Waals surface area contributed by atoms with Crippen molar-refractivity contribution in [1.29, 1.82) is 0 Å². The summed E-state index contributed by atoms with van der Waals surface area (Å²) in [6, 6.07) is 7.58. The molecule has 0 radical (unpaired) electrons. The maximum Gasteiger partial charge on any atom is 0.288 e. The molecule has 3 aliphatic rings. The zero-order valence-electron chi connectivity index (χ0n) is 14.9. The van der Waals surface area contributed by atoms with E-state index in [4.69, 9.17) is 16.0 Å². The first-order chi connectivity index (χ1) is 13.9. The lowest BCUT2D eigenvalue weighted by molar-refractivity contribution is -0.384. The van der Waals surface area contributed by atoms with Gasteiger partial charge in [0.15, 0.2) is 0 Å². The van der Waals surface area contributed by atoms with E-state index in [1.165, 1.54) is 18.3 Å². The van der Waals surface area contributed by atoms with E-state index in [9.17, 15) is 19.7 Å². The van der Waals surface area contributed by atoms with E-state index in [0.717, 1.165) is 11.4 Å². The molecule has 0 N–H and O–H groups in total. The van der Waals surface area contributed by atoms with Gasteiger partial charge in [-0.1, -0.05) is 23.8 Å². The third-order valence-corrected chi connectivity index (χ3v) is 6.12. The van der Waals surface area contributed by atoms with Crippen LogP contribution in [0.15, 0.2) is 52.0 Å². The van der Waals surface area contributed by atoms with E-state index >= 15 is 0 Å². The number of halogens is 1. The van der Waals surface area contributed by atoms with Gasteiger partial charge < -0.3 is 4.42 Å². The predicted octanol–water partition coefficient (Wildman–Crippen LogP) is 3.65. The lowest BCUT2D eigenvalue weighted by atomic mass is 9.85. The number of nitrogens with zero attached hydrogens (tertiary/aromatic N) is 3. The molecule has 2 fully saturated rings. The number of carbonyl (C=O) groups is 2. The van der Waals surface area contributed by atoms with E-state index in [1.807, 2.05) is 12.2 Å². The Bertz CT molecular complexity index is 1090. The maximum atomic E-state index is 12.6. The molecule has 2 aliphatic carbocycles. The van der Waals surface area contributed by atoms with Gasteiger partial charge in [-0.25, -0.2) is 0 Å². The lowest BCUT2D eigenvalue weighted by Gasteiger charge is -2.13. The molecule has 146 valence electrons. The first-order valence-electron chi connectivity index (χ1n) is 9.08. The van der Waals surface area contributed by atoms with Gasteiger partial charge in [0, 0.05) is 11.6 Å². The molecule has 1 aromatic heterocycles. The Balaban J connectivity index is 1.37. The second-order valence-corrected chi connectivity index (χ2v) is 7.77. The summed E-state index contributed by atoms with van der Waals surface area (Å²) < 4.78 is 5.65. The van der Waals surface area contributed by atoms with Crippen molar-refractivity contribution in [1.82, 2.24) is 5.01 Å². The minimum Gasteiger partial charge on any atom is -0.455 e. The fourth-order valence-corrected chi connectivity index (χ4v) is 4.68. The molecule has 5 rings (SSSR count). The van der Waals surface area contributed by atoms with Crippen LogP contribution in [-0.2, 0) is 9.59 Å². The number of nitro benzene ring substituents is 1. The molecule has 0 spiro atoms. The van der Waals surface area contributed by atoms with Crippen molar-refractivity contribution in [2.24, 2.45) is 28.8 Å². The normalized spacial score (nSPS) is 27.4. The molecule has 1 aromatic carbocycles. The zero-order chi connectivity index (χ0) is 20.3. The Morgan fingerprint density at radius 2 is 1.83 bits per heavy atom. The molecule has 29 heavy (non-hydrogen) atoms. The van der Waals surface area contributed by atoms with Crippen LogP contribution in [0.5, 0.6) is 0 Å². The number of allylic oxidation sites excluding steroid dienone is 2. The van der Waals surface area contributed by atoms with Crippen molar-refractivity contribution >= 4 is 35.3 Å². The van der Waals surface area contributed by atoms with E-state index in [0.29, 0.717) is 17.1 Å². The average molecular weight is 412 g/mol. The Labute approximate surface area is 169 Å². The van der Waals surface area contributed by atoms with Crippen molar-refractivity contribution in [3.05, 3.63) is 63.4 Å². The highest BCUT2D eigenvalue weighted by Gasteiger charge is 2.59. The molecular weight excluding hydrogens is 398 g/mol. The van der Waals surface area contributed by atoms with Crippen LogP contribution >= 0.6 is 11.6 Å². The van der Waals surface area contributed by atoms with Crippen LogP contribution in [0.2, 0.25) is 5.02 Å². The second kappa shape index (κ2) is 6.38. The van der Waals surface area contributed by atoms with Crippen molar-refractivity contribution in [3.8, 4) is 11.3 Å². The highest BCUT2D eigenvalue weighted by atomic mass is 35.5. The standard InChI is InChI=1S/C20H14ClN3O5/c21-14-5-3-10(8-15(14)24(27)28)16-6-4-13(29-16)9-22-23-19(25)17-11-1-2-12(7-11)18(17)20(23)26/h1-6,8-9,11-12,17-18H,7H2/b22-9+. The number of hydrazone groups is 1. The second-order valence-electron chi connectivity index (χ2n) is 7.36. The van der Waals surface area contributed by atoms with Gasteiger partial charge in [-0.05, 0) is 42.5 Å². The van der Waals surface area contributed by atoms with E-state index in [-0.39, 0.29) is 46.2 Å². The van der Waals surface area contributed by atoms with E-state index < -0.39 is 4.92 Å². The van der Waals surface area contributed by atoms with Gasteiger partial charge in [0.2, 0.25) is 0 Å². The summed E-state index contributed by atoms with van der Waals surface area (Å²) in [6.45, 7) is 0. The molecule has 4 unspecified atom stereocenters. The topological polar surface area (TPSA) is 106 Å². The van der Waals surface area contributed by atoms with E-state index in [1.54, 1.807) is 18.2 Å². The summed E-state index contributed by atoms with van der Waals surface area (Å²) in [5.74, 6) is -0.217. The van der Waals surface area contributed by atoms with Crippen LogP contribution < -0.4 is 0 Å². The number of hydrogen-bond acceptors (Lipinski definition) is 6. The number of nitro groups is 1. The molecular formula is C20H14ClN3O5. The summed E-state index contributed by atoms with van der Waals surface area (Å²) in [7, 11) is 0. The van der Waals surface area contributed by atoms with Crippen LogP contribution in [0.3, 0.4) is 0 Å². The van der Waals surface area contributed by atoms with Crippen molar-refractivity contribution in [2.75, 3.05) is 0 Å². The minimum absolute atomic E-state index is 0.0344. The van der Waals surface area contributed by atoms with Crippen LogP contribution in [0.1, 0.15) is 12.2 Å². The lowest BCUT2D eigenvalue weighted by Crippen LogP contribution is -2.28. The number of hydrogen-bond donors (Lipinski definition) is 0. The highest BCUT2D eigenvalue weighted by molar-refractivity contribution is 6.32. The summed E-state index contributed by atoms with van der Waals surface area (Å²) in [6.07, 6.45) is 6.21. The predicted molar refractivity (Wildman–Crippen MR) is 103 cm³/mol. The smallest absolute Gasteiger partial charge is 0.288 e. The molecule has 4 atom stereocenters. The molecule has 2 bridgehead atoms. The van der Waals surface area contributed by atoms with Crippen LogP contribution in [0.4, 0.5) is 5.69 Å². The van der Waals surface area contributed by atoms with Crippen LogP contribution in [0, 0.1) is 33.8 Å². The SMILES string of the molecule is O=C1C2C3C=CC(C3)C2C(=O)N1/N=C/c1ccc(-c2ccc(Cl)c([N+](=O)[O-])c2)o1. The number of carbonyl (C=O) groups excluding carboxylic acids is 2. The monoisotopic (exact) mass is 411 g/mol. The van der Waals surface area contributed by atoms with Gasteiger partial charge in [0.25, 0.3) is 17.5 Å². The number of furan rings is 1. The third-order valence-electron chi connectivity index (χ3n) is 5.80. The first-order valence-corrected chi connectivity index (χ1v) is 9.46. The Morgan fingerprint density at radius 3 is 2.48 bits per heavy atom. The molecule has 2 heterocycles. The van der Waals surface area contributed by atoms with Crippen molar-refractivity contribution in [3.63, 3.8) is 0 Å². The Morgan fingerprint density at radius 1 is 1.14 bits per heavy atom. The number of rotatable bonds is 4. The number of amides is 2. The summed E-state index contributed by atoms with van der Waals surface area (Å²) >= 11 is 5.83. The molecule has 8 nitrogen and oxygen atoms in total. The number of imide groups is 1. The van der Waals surface area contributed by atoms with Crippen molar-refractivity contribution < 1.29 is 18.9 Å². The minimum atomic E-state index is -0.569. The molecule has 2 amide bonds. The fraction of sp³-hybridized carbons (Fsp3) is 0.250. The van der Waals surface area contributed by atoms with Crippen LogP contribution in [0.25, 0.3) is 11.3 Å². The average Bonchev–Trinajstić information content (AvgIpc) is 3.46. The third kappa shape index (κ3) is 2.71. The van der Waals surface area contributed by atoms with Gasteiger partial charge in [0.1, 0.15) is 16.5 Å². The van der Waals surface area contributed by atoms with Crippen molar-refractivity contribution in [2.45, 2.75) is 6.42 Å². The van der Waals surface area contributed by atoms with Crippen LogP contribution in [-0.4, -0.2) is 28.0 Å². The Kier molecular flexibility index (Phi) is 3.92. The van der Waals surface area contributed by atoms with Gasteiger partial charge in [-0.3, -0.25) is 19.7 Å². The molecule has 1 saturated heterocycles. The fourth-order valence-electron chi connectivity index (χ4n) is 4.50. The van der Waals surface area contributed by atoms with E-state index in [2.05, 4.69) is 5.10 Å². The summed E-state index contributed by atoms with van der Waals surface area (Å²) in [5, 5.41) is 16.1. The Hall–Kier alpha value is -3.26.